The van der Waals surface area contributed by atoms with Gasteiger partial charge in [0.2, 0.25) is 5.91 Å². The monoisotopic (exact) mass is 340 g/mol. The number of piperazine rings is 1. The molecule has 0 bridgehead atoms. The fourth-order valence-electron chi connectivity index (χ4n) is 2.69. The number of benzene rings is 1. The third-order valence-corrected chi connectivity index (χ3v) is 4.07. The second kappa shape index (κ2) is 7.70. The number of nitrogens with zero attached hydrogens (tertiary/aromatic N) is 2. The summed E-state index contributed by atoms with van der Waals surface area (Å²) in [6.07, 6.45) is 4.43. The minimum Gasteiger partial charge on any atom is -0.465 e. The number of rotatable bonds is 4. The van der Waals surface area contributed by atoms with E-state index in [4.69, 9.17) is 9.15 Å². The summed E-state index contributed by atoms with van der Waals surface area (Å²) in [5.74, 6) is 0.737. The Labute approximate surface area is 146 Å². The van der Waals surface area contributed by atoms with Crippen molar-refractivity contribution in [2.45, 2.75) is 6.92 Å². The fraction of sp³-hybridized carbons (Fsp3) is 0.263. The molecular weight excluding hydrogens is 320 g/mol. The van der Waals surface area contributed by atoms with Gasteiger partial charge in [-0.15, -0.1) is 0 Å². The van der Waals surface area contributed by atoms with Crippen LogP contribution in [-0.2, 0) is 9.59 Å². The third-order valence-electron chi connectivity index (χ3n) is 4.07. The van der Waals surface area contributed by atoms with E-state index >= 15 is 0 Å². The highest BCUT2D eigenvalue weighted by Gasteiger charge is 2.18. The van der Waals surface area contributed by atoms with E-state index in [9.17, 15) is 9.59 Å². The minimum atomic E-state index is -0.459. The number of amides is 1. The quantitative estimate of drug-likeness (QED) is 0.486. The largest absolute Gasteiger partial charge is 0.465 e. The van der Waals surface area contributed by atoms with E-state index in [1.165, 1.54) is 6.08 Å². The number of furan rings is 1. The molecule has 0 N–H and O–H groups in total. The molecule has 1 aromatic heterocycles. The highest BCUT2D eigenvalue weighted by atomic mass is 16.5. The maximum atomic E-state index is 11.8. The molecule has 6 heteroatoms. The summed E-state index contributed by atoms with van der Waals surface area (Å²) in [6, 6.07) is 10.9. The molecule has 0 radical (unpaired) electrons. The van der Waals surface area contributed by atoms with Crippen molar-refractivity contribution in [2.24, 2.45) is 0 Å². The van der Waals surface area contributed by atoms with Crippen LogP contribution >= 0.6 is 0 Å². The third kappa shape index (κ3) is 4.50. The van der Waals surface area contributed by atoms with Crippen molar-refractivity contribution in [1.82, 2.24) is 4.90 Å². The van der Waals surface area contributed by atoms with E-state index < -0.39 is 5.97 Å². The van der Waals surface area contributed by atoms with Crippen LogP contribution < -0.4 is 9.64 Å². The highest BCUT2D eigenvalue weighted by molar-refractivity contribution is 5.88. The van der Waals surface area contributed by atoms with Crippen LogP contribution in [0.15, 0.2) is 53.2 Å². The van der Waals surface area contributed by atoms with Crippen molar-refractivity contribution < 1.29 is 18.7 Å². The Bertz CT molecular complexity index is 742. The van der Waals surface area contributed by atoms with Gasteiger partial charge in [0, 0.05) is 44.9 Å². The van der Waals surface area contributed by atoms with Gasteiger partial charge < -0.3 is 19.0 Å². The number of anilines is 1. The molecule has 1 saturated heterocycles. The lowest BCUT2D eigenvalue weighted by molar-refractivity contribution is -0.129. The topological polar surface area (TPSA) is 63.0 Å². The Kier molecular flexibility index (Phi) is 5.18. The van der Waals surface area contributed by atoms with Gasteiger partial charge in [0.15, 0.2) is 0 Å². The molecule has 2 heterocycles. The Morgan fingerprint density at radius 1 is 1.08 bits per heavy atom. The summed E-state index contributed by atoms with van der Waals surface area (Å²) in [6.45, 7) is 4.64. The lowest BCUT2D eigenvalue weighted by Gasteiger charge is -2.35. The molecule has 1 aliphatic rings. The van der Waals surface area contributed by atoms with Crippen LogP contribution in [0.2, 0.25) is 0 Å². The SMILES string of the molecule is CC(=O)N1CCN(c2ccc(OC(=O)/C=C/c3ccco3)cc2)CC1. The number of carbonyl (C=O) groups excluding carboxylic acids is 2. The molecule has 0 aliphatic carbocycles. The summed E-state index contributed by atoms with van der Waals surface area (Å²) >= 11 is 0. The van der Waals surface area contributed by atoms with Gasteiger partial charge in [-0.25, -0.2) is 4.79 Å². The van der Waals surface area contributed by atoms with E-state index in [0.29, 0.717) is 11.5 Å². The second-order valence-electron chi connectivity index (χ2n) is 5.76. The molecule has 6 nitrogen and oxygen atoms in total. The number of carbonyl (C=O) groups is 2. The Morgan fingerprint density at radius 3 is 2.40 bits per heavy atom. The maximum Gasteiger partial charge on any atom is 0.336 e. The van der Waals surface area contributed by atoms with Gasteiger partial charge in [-0.05, 0) is 42.5 Å². The maximum absolute atomic E-state index is 11.8. The van der Waals surface area contributed by atoms with E-state index in [1.807, 2.05) is 17.0 Å². The average molecular weight is 340 g/mol. The summed E-state index contributed by atoms with van der Waals surface area (Å²) in [4.78, 5) is 27.2. The first-order chi connectivity index (χ1) is 12.1. The Morgan fingerprint density at radius 2 is 1.80 bits per heavy atom. The molecule has 1 fully saturated rings. The van der Waals surface area contributed by atoms with Crippen molar-refractivity contribution >= 4 is 23.6 Å². The van der Waals surface area contributed by atoms with Gasteiger partial charge in [0.1, 0.15) is 11.5 Å². The zero-order chi connectivity index (χ0) is 17.6. The number of ether oxygens (including phenoxy) is 1. The van der Waals surface area contributed by atoms with Crippen LogP contribution in [0, 0.1) is 0 Å². The van der Waals surface area contributed by atoms with Gasteiger partial charge in [0.25, 0.3) is 0 Å². The van der Waals surface area contributed by atoms with Crippen LogP contribution in [0.5, 0.6) is 5.75 Å². The van der Waals surface area contributed by atoms with Gasteiger partial charge in [0.05, 0.1) is 6.26 Å². The minimum absolute atomic E-state index is 0.115. The smallest absolute Gasteiger partial charge is 0.336 e. The average Bonchev–Trinajstić information content (AvgIpc) is 3.14. The number of esters is 1. The van der Waals surface area contributed by atoms with Gasteiger partial charge in [-0.3, -0.25) is 4.79 Å². The molecule has 1 aliphatic heterocycles. The van der Waals surface area contributed by atoms with Gasteiger partial charge >= 0.3 is 5.97 Å². The normalized spacial score (nSPS) is 14.8. The molecule has 1 amide bonds. The van der Waals surface area contributed by atoms with E-state index in [2.05, 4.69) is 4.90 Å². The first kappa shape index (κ1) is 16.8. The van der Waals surface area contributed by atoms with E-state index in [1.54, 1.807) is 43.5 Å². The first-order valence-corrected chi connectivity index (χ1v) is 8.16. The lowest BCUT2D eigenvalue weighted by Crippen LogP contribution is -2.48. The zero-order valence-electron chi connectivity index (χ0n) is 14.1. The number of hydrogen-bond donors (Lipinski definition) is 0. The van der Waals surface area contributed by atoms with E-state index in [0.717, 1.165) is 31.9 Å². The number of hydrogen-bond acceptors (Lipinski definition) is 5. The van der Waals surface area contributed by atoms with Crippen LogP contribution in [0.3, 0.4) is 0 Å². The van der Waals surface area contributed by atoms with Crippen molar-refractivity contribution in [3.05, 3.63) is 54.5 Å². The van der Waals surface area contributed by atoms with E-state index in [-0.39, 0.29) is 5.91 Å². The van der Waals surface area contributed by atoms with Gasteiger partial charge in [-0.2, -0.15) is 0 Å². The molecule has 25 heavy (non-hydrogen) atoms. The molecule has 3 rings (SSSR count). The molecule has 0 saturated carbocycles. The fourth-order valence-corrected chi connectivity index (χ4v) is 2.69. The van der Waals surface area contributed by atoms with Crippen molar-refractivity contribution in [2.75, 3.05) is 31.1 Å². The summed E-state index contributed by atoms with van der Waals surface area (Å²) in [5.41, 5.74) is 1.05. The molecule has 0 spiro atoms. The van der Waals surface area contributed by atoms with Crippen LogP contribution in [0.4, 0.5) is 5.69 Å². The van der Waals surface area contributed by atoms with Crippen LogP contribution in [0.1, 0.15) is 12.7 Å². The molecule has 130 valence electrons. The van der Waals surface area contributed by atoms with Crippen LogP contribution in [-0.4, -0.2) is 43.0 Å². The lowest BCUT2D eigenvalue weighted by atomic mass is 10.2. The summed E-state index contributed by atoms with van der Waals surface area (Å²) < 4.78 is 10.4. The van der Waals surface area contributed by atoms with Crippen molar-refractivity contribution in [1.29, 1.82) is 0 Å². The molecule has 2 aromatic rings. The summed E-state index contributed by atoms with van der Waals surface area (Å²) in [5, 5.41) is 0. The predicted octanol–water partition coefficient (Wildman–Crippen LogP) is 2.57. The molecule has 1 aromatic carbocycles. The summed E-state index contributed by atoms with van der Waals surface area (Å²) in [7, 11) is 0. The molecular formula is C19H20N2O4. The van der Waals surface area contributed by atoms with Crippen molar-refractivity contribution in [3.8, 4) is 5.75 Å². The highest BCUT2D eigenvalue weighted by Crippen LogP contribution is 2.21. The Balaban J connectivity index is 1.54. The van der Waals surface area contributed by atoms with Crippen molar-refractivity contribution in [3.63, 3.8) is 0 Å². The standard InChI is InChI=1S/C19H20N2O4/c1-15(22)20-10-12-21(13-11-20)16-4-6-18(7-5-16)25-19(23)9-8-17-3-2-14-24-17/h2-9,14H,10-13H2,1H3/b9-8+. The van der Waals surface area contributed by atoms with Crippen LogP contribution in [0.25, 0.3) is 6.08 Å². The van der Waals surface area contributed by atoms with Gasteiger partial charge in [-0.1, -0.05) is 0 Å². The predicted molar refractivity (Wildman–Crippen MR) is 94.3 cm³/mol. The molecule has 0 unspecified atom stereocenters. The second-order valence-corrected chi connectivity index (χ2v) is 5.76. The molecule has 0 atom stereocenters. The first-order valence-electron chi connectivity index (χ1n) is 8.16. The zero-order valence-corrected chi connectivity index (χ0v) is 14.1. The Hall–Kier alpha value is -3.02.